The Balaban J connectivity index is 0.974. The number of nitrogens with one attached hydrogen (secondary N) is 3. The van der Waals surface area contributed by atoms with Crippen molar-refractivity contribution in [1.29, 1.82) is 0 Å². The Morgan fingerprint density at radius 1 is 0.952 bits per heavy atom. The highest BCUT2D eigenvalue weighted by atomic mass is 33.1. The molecular weight excluding hydrogens is 1100 g/mol. The number of carbonyl (C=O) groups is 7. The SMILES string of the molecule is CC[C@]1(O)C[C@H]2CN(CCc3c([nH]c4ccccc34)[C@@](COC=O)(c3cc4c(cc3OC)N(C)[C@H]3[C@@](O)(C(=O)OC)[C@H](OC(=O)CCC(=O)OCCSSCCNC(=O)[C@H](C)CC(=O)[C@H](C)NC(C)=O)[C@]5(CC)C=CCN6CC[C@]43[C@@H]65)C2)C1. The normalized spacial score (nSPS) is 30.2. The number of esters is 3. The molecule has 5 aliphatic heterocycles. The number of para-hydroxylation sites is 1. The number of methoxy groups -OCH3 is 2. The van der Waals surface area contributed by atoms with Gasteiger partial charge in [-0.2, -0.15) is 0 Å². The molecule has 1 unspecified atom stereocenters. The fraction of sp³-hybridized carbons (Fsp3) is 0.623. The van der Waals surface area contributed by atoms with Gasteiger partial charge in [0.2, 0.25) is 17.4 Å². The molecule has 3 fully saturated rings. The van der Waals surface area contributed by atoms with Crippen molar-refractivity contribution in [2.45, 2.75) is 139 Å². The lowest BCUT2D eigenvalue weighted by molar-refractivity contribution is -0.229. The number of hydrogen-bond donors (Lipinski definition) is 5. The topological polar surface area (TPSA) is 256 Å². The van der Waals surface area contributed by atoms with Crippen LogP contribution in [-0.2, 0) is 69.8 Å². The van der Waals surface area contributed by atoms with Gasteiger partial charge in [-0.25, -0.2) is 4.79 Å². The van der Waals surface area contributed by atoms with Crippen LogP contribution in [0, 0.1) is 17.3 Å². The molecule has 6 heterocycles. The van der Waals surface area contributed by atoms with Crippen molar-refractivity contribution >= 4 is 80.2 Å². The van der Waals surface area contributed by atoms with Crippen LogP contribution in [0.4, 0.5) is 5.69 Å². The van der Waals surface area contributed by atoms with Crippen molar-refractivity contribution in [3.63, 3.8) is 0 Å². The summed E-state index contributed by atoms with van der Waals surface area (Å²) in [5.74, 6) is -2.31. The van der Waals surface area contributed by atoms with Crippen LogP contribution in [0.2, 0.25) is 0 Å². The monoisotopic (exact) mass is 1190 g/mol. The number of ketones is 1. The summed E-state index contributed by atoms with van der Waals surface area (Å²) in [4.78, 5) is 102. The number of likely N-dealkylation sites (N-methyl/N-ethyl adjacent to an activating group) is 1. The molecule has 83 heavy (non-hydrogen) atoms. The summed E-state index contributed by atoms with van der Waals surface area (Å²) in [7, 11) is 7.58. The number of Topliss-reactive ketones (excluding diaryl/α,β-unsaturated/α-hetero) is 1. The van der Waals surface area contributed by atoms with Crippen molar-refractivity contribution in [3.8, 4) is 5.75 Å². The molecule has 6 aliphatic rings. The number of benzene rings is 2. The van der Waals surface area contributed by atoms with Crippen LogP contribution in [0.1, 0.15) is 108 Å². The summed E-state index contributed by atoms with van der Waals surface area (Å²) >= 11 is 0. The van der Waals surface area contributed by atoms with Crippen LogP contribution >= 0.6 is 21.6 Å². The predicted molar refractivity (Wildman–Crippen MR) is 315 cm³/mol. The van der Waals surface area contributed by atoms with E-state index in [0.29, 0.717) is 101 Å². The molecule has 20 nitrogen and oxygen atoms in total. The lowest BCUT2D eigenvalue weighted by Crippen LogP contribution is -2.81. The van der Waals surface area contributed by atoms with Gasteiger partial charge in [-0.15, -0.1) is 0 Å². The highest BCUT2D eigenvalue weighted by Gasteiger charge is 2.80. The van der Waals surface area contributed by atoms with Gasteiger partial charge >= 0.3 is 17.9 Å². The molecule has 2 bridgehead atoms. The summed E-state index contributed by atoms with van der Waals surface area (Å²) in [5.41, 5.74) is -1.37. The van der Waals surface area contributed by atoms with Crippen LogP contribution in [0.15, 0.2) is 48.6 Å². The van der Waals surface area contributed by atoms with Gasteiger partial charge < -0.3 is 54.4 Å². The molecule has 1 spiro atoms. The number of rotatable bonds is 24. The van der Waals surface area contributed by atoms with E-state index in [4.69, 9.17) is 23.7 Å². The number of aromatic amines is 1. The third-order valence-corrected chi connectivity index (χ3v) is 21.3. The van der Waals surface area contributed by atoms with Crippen molar-refractivity contribution in [2.75, 3.05) is 90.2 Å². The molecule has 12 atom stereocenters. The highest BCUT2D eigenvalue weighted by Crippen LogP contribution is 2.68. The first kappa shape index (κ1) is 61.9. The predicted octanol–water partition coefficient (Wildman–Crippen LogP) is 4.91. The van der Waals surface area contributed by atoms with Crippen molar-refractivity contribution in [1.82, 2.24) is 25.4 Å². The maximum atomic E-state index is 14.9. The van der Waals surface area contributed by atoms with E-state index in [2.05, 4.69) is 43.6 Å². The molecular formula is C61H82N6O14S2. The van der Waals surface area contributed by atoms with E-state index < -0.39 is 75.5 Å². The largest absolute Gasteiger partial charge is 0.496 e. The number of fused-ring (bicyclic) bond motifs is 6. The Bertz CT molecular complexity index is 2990. The van der Waals surface area contributed by atoms with Gasteiger partial charge in [0.05, 0.1) is 50.2 Å². The van der Waals surface area contributed by atoms with E-state index in [1.807, 2.05) is 56.1 Å². The zero-order chi connectivity index (χ0) is 59.6. The first-order valence-corrected chi connectivity index (χ1v) is 31.6. The first-order valence-electron chi connectivity index (χ1n) is 29.2. The van der Waals surface area contributed by atoms with Gasteiger partial charge in [-0.3, -0.25) is 38.6 Å². The maximum Gasteiger partial charge on any atom is 0.344 e. The number of anilines is 1. The lowest BCUT2D eigenvalue weighted by atomic mass is 9.47. The Morgan fingerprint density at radius 3 is 2.43 bits per heavy atom. The minimum atomic E-state index is -2.48. The van der Waals surface area contributed by atoms with Crippen LogP contribution in [0.3, 0.4) is 0 Å². The number of piperidine rings is 1. The smallest absolute Gasteiger partial charge is 0.344 e. The van der Waals surface area contributed by atoms with Crippen molar-refractivity contribution < 1.29 is 67.5 Å². The second-order valence-corrected chi connectivity index (χ2v) is 26.5. The molecule has 2 aromatic carbocycles. The van der Waals surface area contributed by atoms with Gasteiger partial charge in [0.1, 0.15) is 19.0 Å². The van der Waals surface area contributed by atoms with E-state index in [9.17, 15) is 43.8 Å². The zero-order valence-corrected chi connectivity index (χ0v) is 50.7. The van der Waals surface area contributed by atoms with Crippen molar-refractivity contribution in [2.24, 2.45) is 17.3 Å². The molecule has 0 radical (unpaired) electrons. The van der Waals surface area contributed by atoms with Crippen LogP contribution < -0.4 is 20.3 Å². The van der Waals surface area contributed by atoms with Crippen LogP contribution in [0.25, 0.3) is 10.9 Å². The second kappa shape index (κ2) is 25.1. The molecule has 9 rings (SSSR count). The number of aromatic nitrogens is 1. The summed E-state index contributed by atoms with van der Waals surface area (Å²) in [6, 6.07) is 10.2. The molecule has 3 aromatic rings. The number of ether oxygens (including phenoxy) is 5. The Hall–Kier alpha value is -5.65. The molecule has 5 N–H and O–H groups in total. The van der Waals surface area contributed by atoms with Crippen LogP contribution in [-0.4, -0.2) is 188 Å². The Labute approximate surface area is 493 Å². The molecule has 22 heteroatoms. The molecule has 2 saturated heterocycles. The van der Waals surface area contributed by atoms with Crippen LogP contribution in [0.5, 0.6) is 5.75 Å². The summed E-state index contributed by atoms with van der Waals surface area (Å²) < 4.78 is 30.1. The maximum absolute atomic E-state index is 14.9. The second-order valence-electron chi connectivity index (χ2n) is 23.8. The number of amides is 2. The third-order valence-electron chi connectivity index (χ3n) is 19.0. The molecule has 2 amide bonds. The van der Waals surface area contributed by atoms with Gasteiger partial charge in [0.25, 0.3) is 6.47 Å². The Kier molecular flexibility index (Phi) is 18.7. The number of hydrogen-bond acceptors (Lipinski definition) is 19. The van der Waals surface area contributed by atoms with E-state index in [1.165, 1.54) is 35.6 Å². The quantitative estimate of drug-likeness (QED) is 0.0199. The summed E-state index contributed by atoms with van der Waals surface area (Å²) in [6.45, 7) is 12.6. The van der Waals surface area contributed by atoms with Gasteiger partial charge in [-0.1, -0.05) is 72.7 Å². The van der Waals surface area contributed by atoms with E-state index >= 15 is 0 Å². The number of carbonyl (C=O) groups excluding carboxylic acids is 7. The minimum absolute atomic E-state index is 0.00222. The minimum Gasteiger partial charge on any atom is -0.496 e. The highest BCUT2D eigenvalue weighted by molar-refractivity contribution is 8.76. The Morgan fingerprint density at radius 2 is 1.71 bits per heavy atom. The summed E-state index contributed by atoms with van der Waals surface area (Å²) in [6.07, 6.45) is 4.95. The summed E-state index contributed by atoms with van der Waals surface area (Å²) in [5, 5.41) is 32.4. The molecule has 1 aliphatic carbocycles. The molecule has 1 saturated carbocycles. The van der Waals surface area contributed by atoms with Crippen molar-refractivity contribution in [3.05, 3.63) is 70.9 Å². The van der Waals surface area contributed by atoms with Gasteiger partial charge in [0.15, 0.2) is 11.9 Å². The molecule has 1 aromatic heterocycles. The number of aliphatic hydroxyl groups is 2. The number of H-pyrrole nitrogens is 1. The third kappa shape index (κ3) is 11.3. The first-order chi connectivity index (χ1) is 39.7. The fourth-order valence-electron chi connectivity index (χ4n) is 15.5. The lowest BCUT2D eigenvalue weighted by Gasteiger charge is -2.63. The van der Waals surface area contributed by atoms with E-state index in [-0.39, 0.29) is 56.0 Å². The average molecular weight is 1190 g/mol. The standard InChI is InChI=1S/C61H82N6O14S2/c1-9-57(75)31-40-32-59(35-79-36-68,51-42(18-23-66(33-40)34-57)41-14-11-12-15-45(41)64-51)44-29-43-46(30-48(44)77-7)65(6)54-60(43)20-24-67-22-13-19-58(10-2,53(60)67)55(61(54,76)56(74)78-8)81-50(72)17-16-49(71)80-25-27-83-82-26-21-62-52(73)37(3)28-47(70)38(4)63-39(5)69/h11-15,19,29-30,36-38,40,53-55,64,75-76H,9-10,16-18,20-28,31-35H2,1-8H3,(H,62,73)(H,63,69)/t37-,38+,40-,53+,54-,55-,57+,58-,59+,60-,61+/m1/s1. The number of nitrogens with zero attached hydrogens (tertiary/aromatic N) is 3. The van der Waals surface area contributed by atoms with E-state index in [0.717, 1.165) is 39.8 Å². The average Bonchev–Trinajstić information content (AvgIpc) is 1.55. The van der Waals surface area contributed by atoms with E-state index in [1.54, 1.807) is 21.0 Å². The molecule has 452 valence electrons. The van der Waals surface area contributed by atoms with Gasteiger partial charge in [0, 0.05) is 121 Å². The fourth-order valence-corrected chi connectivity index (χ4v) is 17.3. The van der Waals surface area contributed by atoms with Gasteiger partial charge in [-0.05, 0) is 81.2 Å². The zero-order valence-electron chi connectivity index (χ0n) is 49.0.